The Hall–Kier alpha value is -2.17. The molecule has 0 radical (unpaired) electrons. The molecule has 0 aliphatic carbocycles. The van der Waals surface area contributed by atoms with Gasteiger partial charge in [-0.15, -0.1) is 0 Å². The van der Waals surface area contributed by atoms with Crippen molar-refractivity contribution in [2.75, 3.05) is 14.2 Å². The maximum Gasteiger partial charge on any atom is 0.253 e. The summed E-state index contributed by atoms with van der Waals surface area (Å²) in [6.45, 7) is 0. The zero-order valence-electron chi connectivity index (χ0n) is 13.3. The molecule has 2 aromatic rings. The molecule has 0 spiro atoms. The number of likely N-dealkylation sites (N-methyl/N-ethyl adjacent to an activating group) is 1. The Balaban J connectivity index is 2.13. The number of methoxy groups -OCH3 is 1. The number of aliphatic hydroxyl groups is 1. The Kier molecular flexibility index (Phi) is 4.46. The first-order chi connectivity index (χ1) is 11.1. The molecule has 4 atom stereocenters. The lowest BCUT2D eigenvalue weighted by molar-refractivity contribution is -0.165. The predicted molar refractivity (Wildman–Crippen MR) is 87.9 cm³/mol. The number of rotatable bonds is 3. The molecule has 1 saturated heterocycles. The van der Waals surface area contributed by atoms with Gasteiger partial charge in [0.25, 0.3) is 5.91 Å². The van der Waals surface area contributed by atoms with E-state index in [9.17, 15) is 9.90 Å². The highest BCUT2D eigenvalue weighted by Crippen LogP contribution is 2.43. The number of aliphatic hydroxyl groups excluding tert-OH is 1. The van der Waals surface area contributed by atoms with Crippen LogP contribution in [0.1, 0.15) is 23.0 Å². The molecule has 1 fully saturated rings. The SMILES string of the molecule is COC1C(c2ccccc2)C(c2ccccc2)C(O)C(=O)N1C. The number of benzene rings is 2. The van der Waals surface area contributed by atoms with Crippen LogP contribution in [-0.4, -0.2) is 42.4 Å². The smallest absolute Gasteiger partial charge is 0.253 e. The number of carbonyl (C=O) groups excluding carboxylic acids is 1. The number of hydrogen-bond donors (Lipinski definition) is 1. The third-order valence-corrected chi connectivity index (χ3v) is 4.63. The highest BCUT2D eigenvalue weighted by atomic mass is 16.5. The normalized spacial score (nSPS) is 28.0. The minimum absolute atomic E-state index is 0.138. The number of hydrogen-bond acceptors (Lipinski definition) is 3. The van der Waals surface area contributed by atoms with Crippen LogP contribution < -0.4 is 0 Å². The second-order valence-corrected chi connectivity index (χ2v) is 5.89. The Labute approximate surface area is 136 Å². The summed E-state index contributed by atoms with van der Waals surface area (Å²) >= 11 is 0. The van der Waals surface area contributed by atoms with Gasteiger partial charge in [-0.05, 0) is 11.1 Å². The van der Waals surface area contributed by atoms with Crippen molar-refractivity contribution >= 4 is 5.91 Å². The minimum atomic E-state index is -1.08. The van der Waals surface area contributed by atoms with Gasteiger partial charge in [0.2, 0.25) is 0 Å². The van der Waals surface area contributed by atoms with Gasteiger partial charge in [0, 0.05) is 26.0 Å². The highest BCUT2D eigenvalue weighted by molar-refractivity contribution is 5.83. The van der Waals surface area contributed by atoms with E-state index in [-0.39, 0.29) is 17.7 Å². The summed E-state index contributed by atoms with van der Waals surface area (Å²) < 4.78 is 5.63. The zero-order valence-corrected chi connectivity index (χ0v) is 13.3. The average Bonchev–Trinajstić information content (AvgIpc) is 2.61. The predicted octanol–water partition coefficient (Wildman–Crippen LogP) is 2.36. The maximum atomic E-state index is 12.5. The van der Waals surface area contributed by atoms with Crippen LogP contribution >= 0.6 is 0 Å². The monoisotopic (exact) mass is 311 g/mol. The van der Waals surface area contributed by atoms with Crippen molar-refractivity contribution in [3.63, 3.8) is 0 Å². The number of piperidine rings is 1. The minimum Gasteiger partial charge on any atom is -0.383 e. The van der Waals surface area contributed by atoms with E-state index in [0.717, 1.165) is 11.1 Å². The molecular weight excluding hydrogens is 290 g/mol. The van der Waals surface area contributed by atoms with Gasteiger partial charge < -0.3 is 14.7 Å². The zero-order chi connectivity index (χ0) is 16.4. The van der Waals surface area contributed by atoms with Crippen LogP contribution in [0.4, 0.5) is 0 Å². The van der Waals surface area contributed by atoms with Gasteiger partial charge in [-0.2, -0.15) is 0 Å². The fourth-order valence-corrected chi connectivity index (χ4v) is 3.52. The molecule has 4 unspecified atom stereocenters. The van der Waals surface area contributed by atoms with E-state index in [0.29, 0.717) is 0 Å². The van der Waals surface area contributed by atoms with Gasteiger partial charge >= 0.3 is 0 Å². The summed E-state index contributed by atoms with van der Waals surface area (Å²) in [5.41, 5.74) is 1.99. The molecule has 3 rings (SSSR count). The third kappa shape index (κ3) is 2.76. The topological polar surface area (TPSA) is 49.8 Å². The molecule has 0 bridgehead atoms. The average molecular weight is 311 g/mol. The molecule has 2 aromatic carbocycles. The van der Waals surface area contributed by atoms with E-state index in [1.165, 1.54) is 4.90 Å². The van der Waals surface area contributed by atoms with Gasteiger partial charge in [0.1, 0.15) is 12.3 Å². The van der Waals surface area contributed by atoms with Gasteiger partial charge in [-0.1, -0.05) is 60.7 Å². The molecule has 1 aliphatic heterocycles. The molecule has 1 aliphatic rings. The molecule has 4 nitrogen and oxygen atoms in total. The first-order valence-corrected chi connectivity index (χ1v) is 7.72. The summed E-state index contributed by atoms with van der Waals surface area (Å²) in [5.74, 6) is -0.786. The van der Waals surface area contributed by atoms with E-state index >= 15 is 0 Å². The van der Waals surface area contributed by atoms with Crippen molar-refractivity contribution in [2.45, 2.75) is 24.2 Å². The van der Waals surface area contributed by atoms with Crippen LogP contribution in [0.5, 0.6) is 0 Å². The maximum absolute atomic E-state index is 12.5. The highest BCUT2D eigenvalue weighted by Gasteiger charge is 2.48. The first-order valence-electron chi connectivity index (χ1n) is 7.72. The second-order valence-electron chi connectivity index (χ2n) is 5.89. The lowest BCUT2D eigenvalue weighted by atomic mass is 9.74. The summed E-state index contributed by atoms with van der Waals surface area (Å²) in [4.78, 5) is 14.0. The van der Waals surface area contributed by atoms with Crippen molar-refractivity contribution in [3.8, 4) is 0 Å². The van der Waals surface area contributed by atoms with Crippen LogP contribution in [0.2, 0.25) is 0 Å². The van der Waals surface area contributed by atoms with Crippen LogP contribution in [-0.2, 0) is 9.53 Å². The number of likely N-dealkylation sites (tertiary alicyclic amines) is 1. The van der Waals surface area contributed by atoms with E-state index < -0.39 is 12.3 Å². The fraction of sp³-hybridized carbons (Fsp3) is 0.316. The molecular formula is C19H21NO3. The third-order valence-electron chi connectivity index (χ3n) is 4.63. The molecule has 0 saturated carbocycles. The number of amides is 1. The summed E-state index contributed by atoms with van der Waals surface area (Å²) in [6.07, 6.45) is -1.50. The molecule has 1 amide bonds. The largest absolute Gasteiger partial charge is 0.383 e. The lowest BCUT2D eigenvalue weighted by Gasteiger charge is -2.45. The Morgan fingerprint density at radius 3 is 1.87 bits per heavy atom. The van der Waals surface area contributed by atoms with Crippen LogP contribution in [0.25, 0.3) is 0 Å². The van der Waals surface area contributed by atoms with Gasteiger partial charge in [0.15, 0.2) is 0 Å². The summed E-state index contributed by atoms with van der Waals surface area (Å²) in [5, 5.41) is 10.7. The second kappa shape index (κ2) is 6.52. The number of ether oxygens (including phenoxy) is 1. The molecule has 1 N–H and O–H groups in total. The van der Waals surface area contributed by atoms with Gasteiger partial charge in [0.05, 0.1) is 0 Å². The van der Waals surface area contributed by atoms with Crippen molar-refractivity contribution in [2.24, 2.45) is 0 Å². The van der Waals surface area contributed by atoms with E-state index in [2.05, 4.69) is 0 Å². The van der Waals surface area contributed by atoms with Crippen LogP contribution in [0.15, 0.2) is 60.7 Å². The van der Waals surface area contributed by atoms with Crippen molar-refractivity contribution in [1.29, 1.82) is 0 Å². The van der Waals surface area contributed by atoms with Crippen LogP contribution in [0, 0.1) is 0 Å². The quantitative estimate of drug-likeness (QED) is 0.947. The summed E-state index contributed by atoms with van der Waals surface area (Å²) in [7, 11) is 3.28. The Bertz CT molecular complexity index is 659. The van der Waals surface area contributed by atoms with Crippen LogP contribution in [0.3, 0.4) is 0 Å². The molecule has 23 heavy (non-hydrogen) atoms. The van der Waals surface area contributed by atoms with Crippen molar-refractivity contribution < 1.29 is 14.6 Å². The lowest BCUT2D eigenvalue weighted by Crippen LogP contribution is -2.56. The molecule has 0 aromatic heterocycles. The van der Waals surface area contributed by atoms with E-state index in [1.807, 2.05) is 60.7 Å². The molecule has 4 heteroatoms. The number of nitrogens with zero attached hydrogens (tertiary/aromatic N) is 1. The molecule has 1 heterocycles. The number of carbonyl (C=O) groups is 1. The Morgan fingerprint density at radius 1 is 0.913 bits per heavy atom. The first kappa shape index (κ1) is 15.7. The van der Waals surface area contributed by atoms with E-state index in [4.69, 9.17) is 4.74 Å². The summed E-state index contributed by atoms with van der Waals surface area (Å²) in [6, 6.07) is 19.6. The van der Waals surface area contributed by atoms with E-state index in [1.54, 1.807) is 14.2 Å². The molecule has 120 valence electrons. The van der Waals surface area contributed by atoms with Gasteiger partial charge in [-0.25, -0.2) is 0 Å². The van der Waals surface area contributed by atoms with Crippen molar-refractivity contribution in [1.82, 2.24) is 4.90 Å². The standard InChI is InChI=1S/C19H21NO3/c1-20-18(22)17(21)15(13-9-5-3-6-10-13)16(19(20)23-2)14-11-7-4-8-12-14/h3-12,15-17,19,21H,1-2H3. The van der Waals surface area contributed by atoms with Gasteiger partial charge in [-0.3, -0.25) is 4.79 Å². The fourth-order valence-electron chi connectivity index (χ4n) is 3.52. The Morgan fingerprint density at radius 2 is 1.39 bits per heavy atom. The van der Waals surface area contributed by atoms with Crippen molar-refractivity contribution in [3.05, 3.63) is 71.8 Å².